The van der Waals surface area contributed by atoms with Crippen molar-refractivity contribution in [1.82, 2.24) is 5.32 Å². The summed E-state index contributed by atoms with van der Waals surface area (Å²) in [5.41, 5.74) is 0. The van der Waals surface area contributed by atoms with Crippen molar-refractivity contribution < 1.29 is 52.0 Å². The molecule has 0 aromatic carbocycles. The molecule has 0 spiro atoms. The number of esters is 4. The Bertz CT molecular complexity index is 762. The van der Waals surface area contributed by atoms with Crippen LogP contribution in [-0.4, -0.2) is 74.2 Å². The van der Waals surface area contributed by atoms with Crippen molar-refractivity contribution in [3.63, 3.8) is 0 Å². The highest BCUT2D eigenvalue weighted by Crippen LogP contribution is 2.28. The molecular weight excluding hydrogens is 493 g/mol. The van der Waals surface area contributed by atoms with Crippen molar-refractivity contribution in [3.8, 4) is 0 Å². The maximum atomic E-state index is 15.2. The van der Waals surface area contributed by atoms with Crippen LogP contribution in [0, 0.1) is 0 Å². The fourth-order valence-electron chi connectivity index (χ4n) is 3.96. The van der Waals surface area contributed by atoms with Gasteiger partial charge in [0.2, 0.25) is 5.91 Å². The van der Waals surface area contributed by atoms with Crippen LogP contribution in [0.3, 0.4) is 0 Å². The summed E-state index contributed by atoms with van der Waals surface area (Å²) in [6.45, 7) is 2.94. The molecule has 0 bridgehead atoms. The Kier molecular flexibility index (Phi) is 15.4. The van der Waals surface area contributed by atoms with Crippen molar-refractivity contribution >= 4 is 29.8 Å². The van der Waals surface area contributed by atoms with Crippen LogP contribution in [0.15, 0.2) is 0 Å². The number of nitrogens with one attached hydrogen (secondary N) is 1. The zero-order chi connectivity index (χ0) is 27.8. The minimum Gasteiger partial charge on any atom is -0.469 e. The molecule has 11 nitrogen and oxygen atoms in total. The van der Waals surface area contributed by atoms with E-state index in [1.54, 1.807) is 0 Å². The first kappa shape index (κ1) is 32.3. The normalized spacial score (nSPS) is 23.0. The molecular formula is C25H40FNO10. The maximum Gasteiger partial charge on any atom is 0.305 e. The van der Waals surface area contributed by atoms with E-state index in [4.69, 9.17) is 18.9 Å². The molecule has 1 amide bonds. The van der Waals surface area contributed by atoms with Gasteiger partial charge in [0, 0.05) is 33.6 Å². The Morgan fingerprint density at radius 3 is 1.78 bits per heavy atom. The van der Waals surface area contributed by atoms with E-state index >= 15 is 4.39 Å². The van der Waals surface area contributed by atoms with Crippen LogP contribution in [0.1, 0.15) is 85.0 Å². The van der Waals surface area contributed by atoms with Gasteiger partial charge in [-0.25, -0.2) is 4.39 Å². The van der Waals surface area contributed by atoms with Gasteiger partial charge in [0.1, 0.15) is 12.7 Å². The number of hydrogen-bond acceptors (Lipinski definition) is 10. The largest absolute Gasteiger partial charge is 0.469 e. The first-order valence-corrected chi connectivity index (χ1v) is 12.7. The number of carbonyl (C=O) groups excluding carboxylic acids is 5. The minimum absolute atomic E-state index is 0.145. The second-order valence-electron chi connectivity index (χ2n) is 8.96. The van der Waals surface area contributed by atoms with Crippen LogP contribution in [-0.2, 0) is 47.7 Å². The first-order valence-electron chi connectivity index (χ1n) is 12.7. The van der Waals surface area contributed by atoms with Crippen LogP contribution in [0.4, 0.5) is 4.39 Å². The van der Waals surface area contributed by atoms with E-state index in [1.165, 1.54) is 7.11 Å². The van der Waals surface area contributed by atoms with Gasteiger partial charge < -0.3 is 29.0 Å². The Morgan fingerprint density at radius 1 is 0.757 bits per heavy atom. The number of ether oxygens (including phenoxy) is 5. The molecule has 1 fully saturated rings. The SMILES string of the molecule is COC(=O)CCCCCCCCCCC(=O)N[C@@H]1O[C@H](COC(C)=O)[C@@H](OC(C)=O)[C@H](OC(C)=O)[C@H]1F. The predicted octanol–water partition coefficient (Wildman–Crippen LogP) is 2.67. The fourth-order valence-corrected chi connectivity index (χ4v) is 3.96. The van der Waals surface area contributed by atoms with E-state index in [-0.39, 0.29) is 12.4 Å². The molecule has 212 valence electrons. The number of halogens is 1. The molecule has 5 atom stereocenters. The molecule has 37 heavy (non-hydrogen) atoms. The highest BCUT2D eigenvalue weighted by atomic mass is 19.1. The Morgan fingerprint density at radius 2 is 1.27 bits per heavy atom. The van der Waals surface area contributed by atoms with E-state index in [1.807, 2.05) is 0 Å². The van der Waals surface area contributed by atoms with Crippen LogP contribution >= 0.6 is 0 Å². The Hall–Kier alpha value is -2.76. The lowest BCUT2D eigenvalue weighted by Crippen LogP contribution is -2.63. The Balaban J connectivity index is 2.51. The molecule has 1 aliphatic heterocycles. The molecule has 0 radical (unpaired) electrons. The number of alkyl halides is 1. The van der Waals surface area contributed by atoms with Crippen LogP contribution in [0.2, 0.25) is 0 Å². The van der Waals surface area contributed by atoms with E-state index in [0.717, 1.165) is 65.7 Å². The van der Waals surface area contributed by atoms with Crippen molar-refractivity contribution in [3.05, 3.63) is 0 Å². The average Bonchev–Trinajstić information content (AvgIpc) is 2.82. The number of amides is 1. The molecule has 1 heterocycles. The number of unbranched alkanes of at least 4 members (excludes halogenated alkanes) is 7. The predicted molar refractivity (Wildman–Crippen MR) is 128 cm³/mol. The van der Waals surface area contributed by atoms with Crippen molar-refractivity contribution in [2.45, 2.75) is 116 Å². The van der Waals surface area contributed by atoms with E-state index in [9.17, 15) is 24.0 Å². The summed E-state index contributed by atoms with van der Waals surface area (Å²) in [6.07, 6.45) is 0.187. The lowest BCUT2D eigenvalue weighted by Gasteiger charge is -2.42. The summed E-state index contributed by atoms with van der Waals surface area (Å²) in [7, 11) is 1.38. The van der Waals surface area contributed by atoms with Gasteiger partial charge >= 0.3 is 23.9 Å². The van der Waals surface area contributed by atoms with E-state index in [2.05, 4.69) is 10.1 Å². The Labute approximate surface area is 217 Å². The summed E-state index contributed by atoms with van der Waals surface area (Å²) < 4.78 is 40.5. The molecule has 0 unspecified atom stereocenters. The van der Waals surface area contributed by atoms with Crippen molar-refractivity contribution in [2.24, 2.45) is 0 Å². The topological polar surface area (TPSA) is 144 Å². The second-order valence-corrected chi connectivity index (χ2v) is 8.96. The van der Waals surface area contributed by atoms with Crippen molar-refractivity contribution in [2.75, 3.05) is 13.7 Å². The van der Waals surface area contributed by atoms with Gasteiger partial charge in [-0.2, -0.15) is 0 Å². The molecule has 0 aromatic rings. The van der Waals surface area contributed by atoms with E-state index in [0.29, 0.717) is 12.8 Å². The highest BCUT2D eigenvalue weighted by molar-refractivity contribution is 5.76. The lowest BCUT2D eigenvalue weighted by molar-refractivity contribution is -0.239. The van der Waals surface area contributed by atoms with Gasteiger partial charge in [0.25, 0.3) is 0 Å². The van der Waals surface area contributed by atoms with Gasteiger partial charge in [0.05, 0.1) is 7.11 Å². The monoisotopic (exact) mass is 533 g/mol. The number of carbonyl (C=O) groups is 5. The second kappa shape index (κ2) is 17.7. The molecule has 0 aliphatic carbocycles. The lowest BCUT2D eigenvalue weighted by atomic mass is 9.98. The van der Waals surface area contributed by atoms with Gasteiger partial charge in [-0.05, 0) is 12.8 Å². The summed E-state index contributed by atoms with van der Waals surface area (Å²) in [5, 5.41) is 2.46. The number of methoxy groups -OCH3 is 1. The number of hydrogen-bond donors (Lipinski definition) is 1. The third-order valence-corrected chi connectivity index (χ3v) is 5.74. The molecule has 1 aliphatic rings. The summed E-state index contributed by atoms with van der Waals surface area (Å²) in [6, 6.07) is 0. The van der Waals surface area contributed by atoms with Crippen LogP contribution in [0.5, 0.6) is 0 Å². The quantitative estimate of drug-likeness (QED) is 0.179. The van der Waals surface area contributed by atoms with Crippen LogP contribution < -0.4 is 5.32 Å². The molecule has 0 aromatic heterocycles. The summed E-state index contributed by atoms with van der Waals surface area (Å²) in [5.74, 6) is -2.87. The number of rotatable bonds is 16. The molecule has 1 N–H and O–H groups in total. The van der Waals surface area contributed by atoms with Crippen LogP contribution in [0.25, 0.3) is 0 Å². The fraction of sp³-hybridized carbons (Fsp3) is 0.800. The van der Waals surface area contributed by atoms with Gasteiger partial charge in [-0.3, -0.25) is 24.0 Å². The third kappa shape index (κ3) is 13.4. The van der Waals surface area contributed by atoms with E-state index < -0.39 is 61.1 Å². The minimum atomic E-state index is -2.02. The zero-order valence-corrected chi connectivity index (χ0v) is 22.1. The maximum absolute atomic E-state index is 15.2. The zero-order valence-electron chi connectivity index (χ0n) is 22.1. The summed E-state index contributed by atoms with van der Waals surface area (Å²) >= 11 is 0. The molecule has 12 heteroatoms. The van der Waals surface area contributed by atoms with Gasteiger partial charge in [-0.1, -0.05) is 38.5 Å². The van der Waals surface area contributed by atoms with Crippen molar-refractivity contribution in [1.29, 1.82) is 0 Å². The average molecular weight is 534 g/mol. The summed E-state index contributed by atoms with van der Waals surface area (Å²) in [4.78, 5) is 57.9. The standard InChI is InChI=1S/C25H40FNO10/c1-16(28)34-15-19-23(35-17(2)29)24(36-18(3)30)22(26)25(37-19)27-20(31)13-11-9-7-5-6-8-10-12-14-21(32)33-4/h19,22-25H,5-15H2,1-4H3,(H,27,31)/t19-,22-,23-,24-,25-/m1/s1. The van der Waals surface area contributed by atoms with Gasteiger partial charge in [-0.15, -0.1) is 0 Å². The molecule has 0 saturated carbocycles. The third-order valence-electron chi connectivity index (χ3n) is 5.74. The van der Waals surface area contributed by atoms with Gasteiger partial charge in [0.15, 0.2) is 24.6 Å². The highest BCUT2D eigenvalue weighted by Gasteiger charge is 2.51. The first-order chi connectivity index (χ1) is 17.5. The smallest absolute Gasteiger partial charge is 0.305 e. The molecule has 1 saturated heterocycles. The molecule has 1 rings (SSSR count).